The fourth-order valence-electron chi connectivity index (χ4n) is 2.75. The van der Waals surface area contributed by atoms with Crippen molar-refractivity contribution in [1.29, 1.82) is 0 Å². The molecular weight excluding hydrogens is 577 g/mol. The monoisotopic (exact) mass is 595 g/mol. The van der Waals surface area contributed by atoms with Crippen LogP contribution in [0.4, 0.5) is 11.4 Å². The first kappa shape index (κ1) is 25.2. The maximum Gasteiger partial charge on any atom is 0.269 e. The molecule has 0 fully saturated rings. The quantitative estimate of drug-likeness (QED) is 0.145. The molecule has 3 rings (SSSR count). The number of nitro groups is 1. The van der Waals surface area contributed by atoms with Gasteiger partial charge in [0, 0.05) is 28.4 Å². The zero-order valence-corrected chi connectivity index (χ0v) is 20.8. The summed E-state index contributed by atoms with van der Waals surface area (Å²) in [5, 5.41) is 17.9. The molecule has 0 aliphatic heterocycles. The minimum absolute atomic E-state index is 0.0178. The number of carbonyl (C=O) groups is 1. The van der Waals surface area contributed by atoms with E-state index in [-0.39, 0.29) is 24.8 Å². The summed E-state index contributed by atoms with van der Waals surface area (Å²) in [5.74, 6) is 0.652. The number of carbonyl (C=O) groups excluding carboxylic acids is 1. The lowest BCUT2D eigenvalue weighted by Crippen LogP contribution is -2.16. The van der Waals surface area contributed by atoms with Gasteiger partial charge in [-0.05, 0) is 76.7 Å². The van der Waals surface area contributed by atoms with Crippen LogP contribution in [0.25, 0.3) is 0 Å². The van der Waals surface area contributed by atoms with Crippen LogP contribution < -0.4 is 14.8 Å². The van der Waals surface area contributed by atoms with Gasteiger partial charge in [0.2, 0.25) is 0 Å². The average molecular weight is 596 g/mol. The fourth-order valence-corrected chi connectivity index (χ4v) is 3.66. The first-order valence-electron chi connectivity index (χ1n) is 9.80. The molecule has 1 amide bonds. The number of anilines is 1. The number of nitrogens with zero attached hydrogens (tertiary/aromatic N) is 2. The maximum atomic E-state index is 11.9. The lowest BCUT2D eigenvalue weighted by molar-refractivity contribution is -0.384. The van der Waals surface area contributed by atoms with E-state index in [1.54, 1.807) is 42.5 Å². The summed E-state index contributed by atoms with van der Waals surface area (Å²) in [4.78, 5) is 27.3. The van der Waals surface area contributed by atoms with Crippen LogP contribution >= 0.6 is 34.2 Å². The van der Waals surface area contributed by atoms with Crippen molar-refractivity contribution in [3.63, 3.8) is 0 Å². The highest BCUT2D eigenvalue weighted by Crippen LogP contribution is 2.34. The van der Waals surface area contributed by atoms with Gasteiger partial charge in [0.1, 0.15) is 6.61 Å². The van der Waals surface area contributed by atoms with Gasteiger partial charge < -0.3 is 19.6 Å². The van der Waals surface area contributed by atoms with Gasteiger partial charge in [-0.2, -0.15) is 0 Å². The van der Waals surface area contributed by atoms with Gasteiger partial charge in [-0.25, -0.2) is 0 Å². The van der Waals surface area contributed by atoms with Crippen LogP contribution in [-0.2, 0) is 16.2 Å². The Hall–Kier alpha value is -3.38. The van der Waals surface area contributed by atoms with E-state index in [2.05, 4.69) is 33.1 Å². The van der Waals surface area contributed by atoms with Gasteiger partial charge in [0.05, 0.1) is 21.8 Å². The molecule has 1 N–H and O–H groups in total. The standard InChI is InChI=1S/C23H19ClIN3O6/c1-32-21-11-16(12-26-34-14-22(29)27-18-6-4-17(24)5-7-18)10-20(25)23(21)33-13-15-2-8-19(9-3-15)28(30)31/h2-12H,13-14H2,1H3,(H,27,29)/b26-12+. The van der Waals surface area contributed by atoms with Gasteiger partial charge >= 0.3 is 0 Å². The molecule has 0 spiro atoms. The Morgan fingerprint density at radius 2 is 1.88 bits per heavy atom. The van der Waals surface area contributed by atoms with Gasteiger partial charge in [0.15, 0.2) is 18.1 Å². The lowest BCUT2D eigenvalue weighted by atomic mass is 10.2. The molecule has 0 aromatic heterocycles. The number of non-ortho nitro benzene ring substituents is 1. The number of hydrogen-bond acceptors (Lipinski definition) is 7. The molecule has 9 nitrogen and oxygen atoms in total. The topological polar surface area (TPSA) is 112 Å². The second-order valence-electron chi connectivity index (χ2n) is 6.81. The average Bonchev–Trinajstić information content (AvgIpc) is 2.82. The van der Waals surface area contributed by atoms with Crippen molar-refractivity contribution in [2.24, 2.45) is 5.16 Å². The molecule has 3 aromatic rings. The maximum absolute atomic E-state index is 11.9. The molecular formula is C23H19ClIN3O6. The van der Waals surface area contributed by atoms with Crippen molar-refractivity contribution >= 4 is 57.7 Å². The van der Waals surface area contributed by atoms with Crippen molar-refractivity contribution in [3.05, 3.63) is 90.5 Å². The van der Waals surface area contributed by atoms with Crippen molar-refractivity contribution in [3.8, 4) is 11.5 Å². The zero-order valence-electron chi connectivity index (χ0n) is 17.9. The van der Waals surface area contributed by atoms with Gasteiger partial charge in [-0.3, -0.25) is 14.9 Å². The molecule has 0 saturated carbocycles. The van der Waals surface area contributed by atoms with Crippen LogP contribution in [0.2, 0.25) is 5.02 Å². The number of nitro benzene ring substituents is 1. The summed E-state index contributed by atoms with van der Waals surface area (Å²) in [7, 11) is 1.52. The van der Waals surface area contributed by atoms with Crippen molar-refractivity contribution in [2.75, 3.05) is 19.0 Å². The van der Waals surface area contributed by atoms with Crippen LogP contribution in [0.3, 0.4) is 0 Å². The minimum atomic E-state index is -0.452. The van der Waals surface area contributed by atoms with E-state index in [9.17, 15) is 14.9 Å². The van der Waals surface area contributed by atoms with E-state index >= 15 is 0 Å². The molecule has 0 bridgehead atoms. The molecule has 11 heteroatoms. The third-order valence-electron chi connectivity index (χ3n) is 4.38. The normalized spacial score (nSPS) is 10.7. The van der Waals surface area contributed by atoms with E-state index in [4.69, 9.17) is 25.9 Å². The third kappa shape index (κ3) is 7.32. The minimum Gasteiger partial charge on any atom is -0.493 e. The van der Waals surface area contributed by atoms with Crippen molar-refractivity contribution in [1.82, 2.24) is 0 Å². The van der Waals surface area contributed by atoms with Crippen LogP contribution in [-0.4, -0.2) is 30.8 Å². The summed E-state index contributed by atoms with van der Waals surface area (Å²) >= 11 is 7.92. The number of nitrogens with one attached hydrogen (secondary N) is 1. The molecule has 3 aromatic carbocycles. The van der Waals surface area contributed by atoms with Crippen LogP contribution in [0.5, 0.6) is 11.5 Å². The number of rotatable bonds is 10. The van der Waals surface area contributed by atoms with Gasteiger partial charge in [-0.1, -0.05) is 16.8 Å². The largest absolute Gasteiger partial charge is 0.493 e. The Labute approximate surface area is 213 Å². The number of ether oxygens (including phenoxy) is 2. The van der Waals surface area contributed by atoms with Gasteiger partial charge in [0.25, 0.3) is 11.6 Å². The number of oxime groups is 1. The lowest BCUT2D eigenvalue weighted by Gasteiger charge is -2.13. The second-order valence-corrected chi connectivity index (χ2v) is 8.41. The predicted molar refractivity (Wildman–Crippen MR) is 137 cm³/mol. The molecule has 0 aliphatic rings. The fraction of sp³-hybridized carbons (Fsp3) is 0.130. The molecule has 0 aliphatic carbocycles. The molecule has 34 heavy (non-hydrogen) atoms. The molecule has 0 heterocycles. The van der Waals surface area contributed by atoms with E-state index in [1.165, 1.54) is 25.5 Å². The molecule has 0 radical (unpaired) electrons. The summed E-state index contributed by atoms with van der Waals surface area (Å²) in [6.45, 7) is -0.0482. The summed E-state index contributed by atoms with van der Waals surface area (Å²) < 4.78 is 12.1. The van der Waals surface area contributed by atoms with E-state index < -0.39 is 4.92 Å². The summed E-state index contributed by atoms with van der Waals surface area (Å²) in [6, 6.07) is 16.4. The second kappa shape index (κ2) is 12.2. The predicted octanol–water partition coefficient (Wildman–Crippen LogP) is 5.43. The number of halogens is 2. The third-order valence-corrected chi connectivity index (χ3v) is 5.44. The Kier molecular flexibility index (Phi) is 9.05. The van der Waals surface area contributed by atoms with Crippen LogP contribution in [0.15, 0.2) is 65.8 Å². The Morgan fingerprint density at radius 1 is 1.18 bits per heavy atom. The van der Waals surface area contributed by atoms with Crippen molar-refractivity contribution in [2.45, 2.75) is 6.61 Å². The number of benzene rings is 3. The summed E-state index contributed by atoms with van der Waals surface area (Å²) in [5.41, 5.74) is 2.08. The van der Waals surface area contributed by atoms with Crippen LogP contribution in [0.1, 0.15) is 11.1 Å². The van der Waals surface area contributed by atoms with E-state index in [1.807, 2.05) is 6.07 Å². The number of methoxy groups -OCH3 is 1. The highest BCUT2D eigenvalue weighted by Gasteiger charge is 2.12. The van der Waals surface area contributed by atoms with Gasteiger partial charge in [-0.15, -0.1) is 0 Å². The molecule has 0 atom stereocenters. The first-order chi connectivity index (χ1) is 16.4. The summed E-state index contributed by atoms with van der Waals surface area (Å²) in [6.07, 6.45) is 1.46. The Bertz CT molecular complexity index is 1190. The smallest absolute Gasteiger partial charge is 0.269 e. The molecule has 0 saturated heterocycles. The van der Waals surface area contributed by atoms with Crippen LogP contribution in [0, 0.1) is 13.7 Å². The first-order valence-corrected chi connectivity index (χ1v) is 11.3. The molecule has 0 unspecified atom stereocenters. The number of amides is 1. The van der Waals surface area contributed by atoms with E-state index in [0.29, 0.717) is 27.8 Å². The highest BCUT2D eigenvalue weighted by molar-refractivity contribution is 14.1. The molecule has 176 valence electrons. The highest BCUT2D eigenvalue weighted by atomic mass is 127. The van der Waals surface area contributed by atoms with Crippen molar-refractivity contribution < 1.29 is 24.0 Å². The van der Waals surface area contributed by atoms with E-state index in [0.717, 1.165) is 9.13 Å². The zero-order chi connectivity index (χ0) is 24.5. The SMILES string of the molecule is COc1cc(/C=N/OCC(=O)Nc2ccc(Cl)cc2)cc(I)c1OCc1ccc([N+](=O)[O-])cc1. The Balaban J connectivity index is 1.56. The Morgan fingerprint density at radius 3 is 2.53 bits per heavy atom. The number of hydrogen-bond donors (Lipinski definition) is 1.